The van der Waals surface area contributed by atoms with E-state index in [9.17, 15) is 0 Å². The highest BCUT2D eigenvalue weighted by Gasteiger charge is 2.17. The van der Waals surface area contributed by atoms with Crippen LogP contribution < -0.4 is 0 Å². The first kappa shape index (κ1) is 9.60. The fraction of sp³-hybridized carbons (Fsp3) is 0.333. The number of H-pyrrole nitrogens is 1. The highest BCUT2D eigenvalue weighted by Crippen LogP contribution is 2.30. The van der Waals surface area contributed by atoms with Crippen molar-refractivity contribution in [2.24, 2.45) is 0 Å². The third-order valence-corrected chi connectivity index (χ3v) is 2.69. The van der Waals surface area contributed by atoms with Gasteiger partial charge in [0.05, 0.1) is 0 Å². The van der Waals surface area contributed by atoms with Crippen molar-refractivity contribution in [3.05, 3.63) is 35.0 Å². The first-order chi connectivity index (χ1) is 6.48. The van der Waals surface area contributed by atoms with Gasteiger partial charge >= 0.3 is 0 Å². The lowest BCUT2D eigenvalue weighted by atomic mass is 9.87. The normalized spacial score (nSPS) is 12.3. The fourth-order valence-corrected chi connectivity index (χ4v) is 1.89. The van der Waals surface area contributed by atoms with Crippen molar-refractivity contribution in [1.82, 2.24) is 4.98 Å². The maximum Gasteiger partial charge on any atom is 0.0471 e. The van der Waals surface area contributed by atoms with Crippen LogP contribution in [0, 0.1) is 0 Å². The molecule has 2 rings (SSSR count). The molecule has 0 unspecified atom stereocenters. The number of aromatic amines is 1. The van der Waals surface area contributed by atoms with Crippen LogP contribution >= 0.6 is 11.6 Å². The zero-order chi connectivity index (χ0) is 10.3. The lowest BCUT2D eigenvalue weighted by Crippen LogP contribution is -2.09. The third kappa shape index (κ3) is 1.53. The summed E-state index contributed by atoms with van der Waals surface area (Å²) in [4.78, 5) is 3.25. The van der Waals surface area contributed by atoms with Gasteiger partial charge in [0.1, 0.15) is 0 Å². The van der Waals surface area contributed by atoms with E-state index in [4.69, 9.17) is 11.6 Å². The van der Waals surface area contributed by atoms with Crippen LogP contribution in [0.3, 0.4) is 0 Å². The predicted molar refractivity (Wildman–Crippen MR) is 62.0 cm³/mol. The summed E-state index contributed by atoms with van der Waals surface area (Å²) in [5.74, 6) is 0. The van der Waals surface area contributed by atoms with Gasteiger partial charge in [-0.2, -0.15) is 0 Å². The molecule has 1 nitrogen and oxygen atoms in total. The van der Waals surface area contributed by atoms with Crippen LogP contribution in [0.25, 0.3) is 10.9 Å². The Kier molecular flexibility index (Phi) is 2.07. The minimum atomic E-state index is 0.173. The average Bonchev–Trinajstić information content (AvgIpc) is 2.45. The van der Waals surface area contributed by atoms with Gasteiger partial charge in [0.25, 0.3) is 0 Å². The van der Waals surface area contributed by atoms with E-state index >= 15 is 0 Å². The molecule has 1 aromatic heterocycles. The molecule has 0 aliphatic rings. The zero-order valence-corrected chi connectivity index (χ0v) is 9.44. The number of hydrogen-bond acceptors (Lipinski definition) is 0. The first-order valence-corrected chi connectivity index (χ1v) is 5.13. The van der Waals surface area contributed by atoms with Gasteiger partial charge in [-0.3, -0.25) is 0 Å². The summed E-state index contributed by atoms with van der Waals surface area (Å²) in [5.41, 5.74) is 2.62. The summed E-state index contributed by atoms with van der Waals surface area (Å²) in [6, 6.07) is 5.98. The summed E-state index contributed by atoms with van der Waals surface area (Å²) in [5, 5.41) is 2.04. The minimum Gasteiger partial charge on any atom is -0.361 e. The Labute approximate surface area is 89.1 Å². The average molecular weight is 208 g/mol. The molecule has 0 aliphatic heterocycles. The van der Waals surface area contributed by atoms with Crippen molar-refractivity contribution < 1.29 is 0 Å². The van der Waals surface area contributed by atoms with Gasteiger partial charge in [-0.05, 0) is 23.1 Å². The van der Waals surface area contributed by atoms with Crippen LogP contribution in [0.1, 0.15) is 26.3 Å². The Morgan fingerprint density at radius 3 is 2.57 bits per heavy atom. The van der Waals surface area contributed by atoms with E-state index in [0.717, 1.165) is 10.5 Å². The zero-order valence-electron chi connectivity index (χ0n) is 8.69. The van der Waals surface area contributed by atoms with Gasteiger partial charge in [-0.25, -0.2) is 0 Å². The molecule has 2 aromatic rings. The molecule has 2 heteroatoms. The van der Waals surface area contributed by atoms with Crippen molar-refractivity contribution in [1.29, 1.82) is 0 Å². The molecule has 0 saturated heterocycles. The second kappa shape index (κ2) is 3.03. The SMILES string of the molecule is CC(C)(C)c1c[nH]c2cc(Cl)ccc12. The van der Waals surface area contributed by atoms with Gasteiger partial charge in [-0.15, -0.1) is 0 Å². The second-order valence-corrected chi connectivity index (χ2v) is 5.08. The number of hydrogen-bond donors (Lipinski definition) is 1. The molecular weight excluding hydrogens is 194 g/mol. The van der Waals surface area contributed by atoms with E-state index in [2.05, 4.69) is 38.0 Å². The Bertz CT molecular complexity index is 463. The summed E-state index contributed by atoms with van der Waals surface area (Å²) < 4.78 is 0. The molecule has 0 aliphatic carbocycles. The van der Waals surface area contributed by atoms with Gasteiger partial charge in [-0.1, -0.05) is 38.4 Å². The number of rotatable bonds is 0. The van der Waals surface area contributed by atoms with Gasteiger partial charge < -0.3 is 4.98 Å². The quantitative estimate of drug-likeness (QED) is 0.669. The van der Waals surface area contributed by atoms with Crippen molar-refractivity contribution in [2.75, 3.05) is 0 Å². The van der Waals surface area contributed by atoms with E-state index in [-0.39, 0.29) is 5.41 Å². The van der Waals surface area contributed by atoms with Crippen LogP contribution in [0.15, 0.2) is 24.4 Å². The van der Waals surface area contributed by atoms with Gasteiger partial charge in [0.2, 0.25) is 0 Å². The van der Waals surface area contributed by atoms with Crippen LogP contribution in [-0.4, -0.2) is 4.98 Å². The van der Waals surface area contributed by atoms with Crippen LogP contribution in [0.5, 0.6) is 0 Å². The Hall–Kier alpha value is -0.950. The molecule has 0 saturated carbocycles. The highest BCUT2D eigenvalue weighted by molar-refractivity contribution is 6.31. The van der Waals surface area contributed by atoms with E-state index in [0.29, 0.717) is 0 Å². The Morgan fingerprint density at radius 1 is 1.21 bits per heavy atom. The topological polar surface area (TPSA) is 15.8 Å². The molecular formula is C12H14ClN. The highest BCUT2D eigenvalue weighted by atomic mass is 35.5. The lowest BCUT2D eigenvalue weighted by molar-refractivity contribution is 0.596. The van der Waals surface area contributed by atoms with E-state index < -0.39 is 0 Å². The van der Waals surface area contributed by atoms with Crippen molar-refractivity contribution in [3.8, 4) is 0 Å². The smallest absolute Gasteiger partial charge is 0.0471 e. The van der Waals surface area contributed by atoms with E-state index in [1.54, 1.807) is 0 Å². The summed E-state index contributed by atoms with van der Waals surface area (Å²) in [6.07, 6.45) is 2.07. The van der Waals surface area contributed by atoms with Gasteiger partial charge in [0, 0.05) is 22.1 Å². The molecule has 0 spiro atoms. The largest absolute Gasteiger partial charge is 0.361 e. The van der Waals surface area contributed by atoms with Crippen molar-refractivity contribution in [2.45, 2.75) is 26.2 Å². The summed E-state index contributed by atoms with van der Waals surface area (Å²) in [6.45, 7) is 6.64. The standard InChI is InChI=1S/C12H14ClN/c1-12(2,3)10-7-14-11-6-8(13)4-5-9(10)11/h4-7,14H,1-3H3. The molecule has 1 aromatic carbocycles. The maximum atomic E-state index is 5.92. The molecule has 0 amide bonds. The van der Waals surface area contributed by atoms with Crippen LogP contribution in [0.4, 0.5) is 0 Å². The molecule has 14 heavy (non-hydrogen) atoms. The molecule has 0 radical (unpaired) electrons. The molecule has 1 heterocycles. The number of fused-ring (bicyclic) bond motifs is 1. The predicted octanol–water partition coefficient (Wildman–Crippen LogP) is 4.12. The number of halogens is 1. The molecule has 0 bridgehead atoms. The number of nitrogens with one attached hydrogen (secondary N) is 1. The Balaban J connectivity index is 2.70. The summed E-state index contributed by atoms with van der Waals surface area (Å²) >= 11 is 5.92. The molecule has 74 valence electrons. The number of aromatic nitrogens is 1. The monoisotopic (exact) mass is 207 g/mol. The van der Waals surface area contributed by atoms with Crippen molar-refractivity contribution >= 4 is 22.5 Å². The molecule has 1 N–H and O–H groups in total. The Morgan fingerprint density at radius 2 is 1.93 bits per heavy atom. The maximum absolute atomic E-state index is 5.92. The molecule has 0 atom stereocenters. The fourth-order valence-electron chi connectivity index (χ4n) is 1.72. The lowest BCUT2D eigenvalue weighted by Gasteiger charge is -2.17. The summed E-state index contributed by atoms with van der Waals surface area (Å²) in [7, 11) is 0. The molecule has 0 fully saturated rings. The van der Waals surface area contributed by atoms with Crippen LogP contribution in [0.2, 0.25) is 5.02 Å². The first-order valence-electron chi connectivity index (χ1n) is 4.75. The second-order valence-electron chi connectivity index (χ2n) is 4.64. The number of benzene rings is 1. The van der Waals surface area contributed by atoms with E-state index in [1.807, 2.05) is 12.1 Å². The van der Waals surface area contributed by atoms with Crippen molar-refractivity contribution in [3.63, 3.8) is 0 Å². The van der Waals surface area contributed by atoms with E-state index in [1.165, 1.54) is 10.9 Å². The minimum absolute atomic E-state index is 0.173. The van der Waals surface area contributed by atoms with Crippen LogP contribution in [-0.2, 0) is 5.41 Å². The third-order valence-electron chi connectivity index (χ3n) is 2.45. The van der Waals surface area contributed by atoms with Gasteiger partial charge in [0.15, 0.2) is 0 Å².